The monoisotopic (exact) mass is 370 g/mol. The molecule has 1 amide bonds. The highest BCUT2D eigenvalue weighted by Crippen LogP contribution is 2.24. The Morgan fingerprint density at radius 3 is 2.56 bits per heavy atom. The summed E-state index contributed by atoms with van der Waals surface area (Å²) >= 11 is 7.49. The van der Waals surface area contributed by atoms with Gasteiger partial charge in [-0.1, -0.05) is 61.0 Å². The molecule has 1 aromatic heterocycles. The summed E-state index contributed by atoms with van der Waals surface area (Å²) < 4.78 is 0. The molecule has 2 aromatic carbocycles. The van der Waals surface area contributed by atoms with Crippen LogP contribution in [0.2, 0.25) is 5.02 Å². The molecule has 3 rings (SSSR count). The van der Waals surface area contributed by atoms with Gasteiger partial charge in [-0.3, -0.25) is 4.79 Å². The molecule has 0 radical (unpaired) electrons. The number of benzene rings is 2. The summed E-state index contributed by atoms with van der Waals surface area (Å²) in [7, 11) is 0. The number of thiazole rings is 1. The van der Waals surface area contributed by atoms with E-state index in [2.05, 4.69) is 17.2 Å². The number of carbonyl (C=O) groups is 1. The van der Waals surface area contributed by atoms with Gasteiger partial charge in [0.25, 0.3) is 0 Å². The lowest BCUT2D eigenvalue weighted by atomic mass is 10.0. The highest BCUT2D eigenvalue weighted by molar-refractivity contribution is 7.13. The van der Waals surface area contributed by atoms with Gasteiger partial charge in [0.15, 0.2) is 0 Å². The Morgan fingerprint density at radius 1 is 1.16 bits per heavy atom. The van der Waals surface area contributed by atoms with Gasteiger partial charge in [0.2, 0.25) is 5.91 Å². The van der Waals surface area contributed by atoms with Crippen LogP contribution < -0.4 is 5.32 Å². The van der Waals surface area contributed by atoms with Crippen molar-refractivity contribution in [2.75, 3.05) is 0 Å². The van der Waals surface area contributed by atoms with E-state index >= 15 is 0 Å². The molecule has 0 saturated carbocycles. The Morgan fingerprint density at radius 2 is 1.88 bits per heavy atom. The topological polar surface area (TPSA) is 42.0 Å². The summed E-state index contributed by atoms with van der Waals surface area (Å²) in [6.45, 7) is 2.05. The molecular weight excluding hydrogens is 352 g/mol. The van der Waals surface area contributed by atoms with E-state index in [1.54, 1.807) is 11.3 Å². The molecule has 1 atom stereocenters. The molecule has 3 aromatic rings. The lowest BCUT2D eigenvalue weighted by molar-refractivity contribution is -0.121. The zero-order valence-corrected chi connectivity index (χ0v) is 15.5. The Hall–Kier alpha value is -2.17. The second-order valence-electron chi connectivity index (χ2n) is 5.77. The first-order valence-electron chi connectivity index (χ1n) is 8.20. The van der Waals surface area contributed by atoms with Gasteiger partial charge in [-0.05, 0) is 24.1 Å². The van der Waals surface area contributed by atoms with E-state index in [4.69, 9.17) is 11.6 Å². The van der Waals surface area contributed by atoms with Crippen molar-refractivity contribution in [1.29, 1.82) is 0 Å². The van der Waals surface area contributed by atoms with E-state index in [1.807, 2.05) is 60.0 Å². The smallest absolute Gasteiger partial charge is 0.226 e. The van der Waals surface area contributed by atoms with Crippen LogP contribution in [0.4, 0.5) is 0 Å². The van der Waals surface area contributed by atoms with Gasteiger partial charge >= 0.3 is 0 Å². The first-order valence-corrected chi connectivity index (χ1v) is 9.46. The number of rotatable bonds is 6. The largest absolute Gasteiger partial charge is 0.349 e. The minimum atomic E-state index is -0.0216. The van der Waals surface area contributed by atoms with Crippen molar-refractivity contribution in [3.05, 3.63) is 76.3 Å². The molecule has 128 valence electrons. The van der Waals surface area contributed by atoms with Crippen molar-refractivity contribution in [3.63, 3.8) is 0 Å². The van der Waals surface area contributed by atoms with Gasteiger partial charge in [-0.2, -0.15) is 0 Å². The van der Waals surface area contributed by atoms with E-state index in [-0.39, 0.29) is 18.4 Å². The predicted molar refractivity (Wildman–Crippen MR) is 104 cm³/mol. The van der Waals surface area contributed by atoms with Crippen LogP contribution in [0.1, 0.15) is 30.6 Å². The number of hydrogen-bond acceptors (Lipinski definition) is 3. The fourth-order valence-electron chi connectivity index (χ4n) is 2.63. The molecule has 0 spiro atoms. The van der Waals surface area contributed by atoms with Crippen LogP contribution in [0, 0.1) is 0 Å². The number of nitrogens with one attached hydrogen (secondary N) is 1. The summed E-state index contributed by atoms with van der Waals surface area (Å²) in [5, 5.41) is 6.67. The summed E-state index contributed by atoms with van der Waals surface area (Å²) in [6, 6.07) is 17.6. The number of halogens is 1. The van der Waals surface area contributed by atoms with Gasteiger partial charge in [0, 0.05) is 16.0 Å². The predicted octanol–water partition coefficient (Wildman–Crippen LogP) is 5.27. The Kier molecular flexibility index (Phi) is 5.84. The van der Waals surface area contributed by atoms with E-state index < -0.39 is 0 Å². The van der Waals surface area contributed by atoms with Crippen LogP contribution in [-0.2, 0) is 11.2 Å². The first-order chi connectivity index (χ1) is 12.2. The van der Waals surface area contributed by atoms with Crippen molar-refractivity contribution in [3.8, 4) is 10.6 Å². The third kappa shape index (κ3) is 4.68. The van der Waals surface area contributed by atoms with Crippen molar-refractivity contribution >= 4 is 28.8 Å². The van der Waals surface area contributed by atoms with Crippen molar-refractivity contribution in [2.24, 2.45) is 0 Å². The van der Waals surface area contributed by atoms with Crippen LogP contribution in [-0.4, -0.2) is 10.9 Å². The molecule has 0 bridgehead atoms. The van der Waals surface area contributed by atoms with E-state index in [1.165, 1.54) is 0 Å². The van der Waals surface area contributed by atoms with Crippen LogP contribution in [0.5, 0.6) is 0 Å². The number of aromatic nitrogens is 1. The van der Waals surface area contributed by atoms with Gasteiger partial charge in [-0.15, -0.1) is 11.3 Å². The molecule has 1 unspecified atom stereocenters. The van der Waals surface area contributed by atoms with Crippen molar-refractivity contribution in [1.82, 2.24) is 10.3 Å². The maximum Gasteiger partial charge on any atom is 0.226 e. The molecule has 1 N–H and O–H groups in total. The molecule has 25 heavy (non-hydrogen) atoms. The molecule has 3 nitrogen and oxygen atoms in total. The average molecular weight is 371 g/mol. The minimum absolute atomic E-state index is 0.0167. The number of carbonyl (C=O) groups excluding carboxylic acids is 1. The summed E-state index contributed by atoms with van der Waals surface area (Å²) in [4.78, 5) is 17.0. The zero-order chi connectivity index (χ0) is 17.6. The highest BCUT2D eigenvalue weighted by Gasteiger charge is 2.14. The maximum absolute atomic E-state index is 12.4. The Bertz CT molecular complexity index is 830. The van der Waals surface area contributed by atoms with E-state index in [0.29, 0.717) is 5.02 Å². The highest BCUT2D eigenvalue weighted by atomic mass is 35.5. The van der Waals surface area contributed by atoms with E-state index in [0.717, 1.165) is 28.2 Å². The molecule has 5 heteroatoms. The number of hydrogen-bond donors (Lipinski definition) is 1. The lowest BCUT2D eigenvalue weighted by Crippen LogP contribution is -2.29. The fraction of sp³-hybridized carbons (Fsp3) is 0.200. The standard InChI is InChI=1S/C20H19ClN2OS/c1-2-18(14-8-10-16(21)11-9-14)23-19(24)12-17-13-25-20(22-17)15-6-4-3-5-7-15/h3-11,13,18H,2,12H2,1H3,(H,23,24). The minimum Gasteiger partial charge on any atom is -0.349 e. The van der Waals surface area contributed by atoms with Crippen LogP contribution in [0.25, 0.3) is 10.6 Å². The lowest BCUT2D eigenvalue weighted by Gasteiger charge is -2.17. The fourth-order valence-corrected chi connectivity index (χ4v) is 3.58. The van der Waals surface area contributed by atoms with Gasteiger partial charge < -0.3 is 5.32 Å². The number of nitrogens with zero attached hydrogens (tertiary/aromatic N) is 1. The third-order valence-corrected chi connectivity index (χ3v) is 5.12. The van der Waals surface area contributed by atoms with E-state index in [9.17, 15) is 4.79 Å². The molecule has 0 aliphatic carbocycles. The molecule has 0 saturated heterocycles. The SMILES string of the molecule is CCC(NC(=O)Cc1csc(-c2ccccc2)n1)c1ccc(Cl)cc1. The Labute approximate surface area is 156 Å². The normalized spacial score (nSPS) is 11.9. The van der Waals surface area contributed by atoms with Crippen LogP contribution in [0.3, 0.4) is 0 Å². The summed E-state index contributed by atoms with van der Waals surface area (Å²) in [5.74, 6) is -0.0216. The van der Waals surface area contributed by atoms with Gasteiger partial charge in [0.1, 0.15) is 5.01 Å². The molecular formula is C20H19ClN2OS. The van der Waals surface area contributed by atoms with Gasteiger partial charge in [0.05, 0.1) is 18.2 Å². The van der Waals surface area contributed by atoms with Gasteiger partial charge in [-0.25, -0.2) is 4.98 Å². The molecule has 0 fully saturated rings. The maximum atomic E-state index is 12.4. The van der Waals surface area contributed by atoms with Crippen molar-refractivity contribution in [2.45, 2.75) is 25.8 Å². The quantitative estimate of drug-likeness (QED) is 0.641. The third-order valence-electron chi connectivity index (χ3n) is 3.93. The zero-order valence-electron chi connectivity index (χ0n) is 13.9. The molecule has 1 heterocycles. The summed E-state index contributed by atoms with van der Waals surface area (Å²) in [6.07, 6.45) is 1.10. The number of amides is 1. The molecule has 0 aliphatic heterocycles. The first kappa shape index (κ1) is 17.6. The molecule has 0 aliphatic rings. The van der Waals surface area contributed by atoms with Crippen LogP contribution >= 0.6 is 22.9 Å². The van der Waals surface area contributed by atoms with Crippen LogP contribution in [0.15, 0.2) is 60.0 Å². The summed E-state index contributed by atoms with van der Waals surface area (Å²) in [5.41, 5.74) is 2.93. The average Bonchev–Trinajstić information content (AvgIpc) is 3.10. The van der Waals surface area contributed by atoms with Crippen molar-refractivity contribution < 1.29 is 4.79 Å². The Balaban J connectivity index is 1.64. The second kappa shape index (κ2) is 8.28. The second-order valence-corrected chi connectivity index (χ2v) is 7.06.